The number of nitro groups is 1. The van der Waals surface area contributed by atoms with Crippen LogP contribution in [0.5, 0.6) is 5.75 Å². The highest BCUT2D eigenvalue weighted by Crippen LogP contribution is 2.17. The van der Waals surface area contributed by atoms with E-state index in [4.69, 9.17) is 10.5 Å². The quantitative estimate of drug-likeness (QED) is 0.335. The maximum Gasteiger partial charge on any atom is 0.330 e. The Hall–Kier alpha value is -2.48. The molecule has 0 saturated carbocycles. The Morgan fingerprint density at radius 2 is 1.91 bits per heavy atom. The molecule has 1 atom stereocenters. The molecule has 0 radical (unpaired) electrons. The monoisotopic (exact) mass is 309 g/mol. The number of rotatable bonds is 7. The maximum atomic E-state index is 11.6. The van der Waals surface area contributed by atoms with Gasteiger partial charge in [0.25, 0.3) is 5.69 Å². The van der Waals surface area contributed by atoms with E-state index in [0.29, 0.717) is 6.42 Å². The fraction of sp³-hybridized carbons (Fsp3) is 0.429. The van der Waals surface area contributed by atoms with Crippen LogP contribution in [0.1, 0.15) is 20.3 Å². The van der Waals surface area contributed by atoms with E-state index in [2.05, 4.69) is 5.32 Å². The van der Waals surface area contributed by atoms with Crippen molar-refractivity contribution in [1.29, 1.82) is 0 Å². The number of non-ortho nitro benzene ring substituents is 1. The normalized spacial score (nSPS) is 11.8. The van der Waals surface area contributed by atoms with Crippen molar-refractivity contribution < 1.29 is 19.2 Å². The Balaban J connectivity index is 2.43. The average molecular weight is 309 g/mol. The number of esters is 1. The Labute approximate surface area is 127 Å². The minimum absolute atomic E-state index is 0.104. The first kappa shape index (κ1) is 17.6. The second-order valence-electron chi connectivity index (χ2n) is 5.18. The van der Waals surface area contributed by atoms with Crippen LogP contribution in [-0.2, 0) is 9.59 Å². The Morgan fingerprint density at radius 3 is 2.41 bits per heavy atom. The Morgan fingerprint density at radius 1 is 1.32 bits per heavy atom. The molecule has 1 aromatic rings. The van der Waals surface area contributed by atoms with Crippen molar-refractivity contribution in [2.24, 2.45) is 11.7 Å². The highest BCUT2D eigenvalue weighted by molar-refractivity contribution is 5.86. The maximum absolute atomic E-state index is 11.6. The van der Waals surface area contributed by atoms with Crippen LogP contribution >= 0.6 is 0 Å². The van der Waals surface area contributed by atoms with Gasteiger partial charge in [-0.25, -0.2) is 4.79 Å². The number of nitrogens with one attached hydrogen (secondary N) is 1. The molecular formula is C14H19N3O5. The summed E-state index contributed by atoms with van der Waals surface area (Å²) in [6, 6.07) is 4.39. The van der Waals surface area contributed by atoms with Gasteiger partial charge in [0.2, 0.25) is 5.91 Å². The predicted molar refractivity (Wildman–Crippen MR) is 79.2 cm³/mol. The third kappa shape index (κ3) is 5.88. The minimum Gasteiger partial charge on any atom is -0.425 e. The summed E-state index contributed by atoms with van der Waals surface area (Å²) in [5.41, 5.74) is 5.57. The van der Waals surface area contributed by atoms with E-state index >= 15 is 0 Å². The van der Waals surface area contributed by atoms with Crippen LogP contribution in [0.3, 0.4) is 0 Å². The summed E-state index contributed by atoms with van der Waals surface area (Å²) in [6.45, 7) is 3.56. The smallest absolute Gasteiger partial charge is 0.330 e. The van der Waals surface area contributed by atoms with E-state index in [1.807, 2.05) is 13.8 Å². The molecule has 22 heavy (non-hydrogen) atoms. The number of hydrogen-bond acceptors (Lipinski definition) is 6. The minimum atomic E-state index is -0.682. The lowest BCUT2D eigenvalue weighted by Gasteiger charge is -2.13. The first-order chi connectivity index (χ1) is 10.3. The number of nitrogens with zero attached hydrogens (tertiary/aromatic N) is 1. The molecule has 0 saturated heterocycles. The summed E-state index contributed by atoms with van der Waals surface area (Å²) in [6.07, 6.45) is 0.517. The summed E-state index contributed by atoms with van der Waals surface area (Å²) in [5, 5.41) is 12.9. The highest BCUT2D eigenvalue weighted by Gasteiger charge is 2.16. The van der Waals surface area contributed by atoms with E-state index < -0.39 is 22.8 Å². The molecule has 0 fully saturated rings. The number of nitro benzene ring substituents is 1. The van der Waals surface area contributed by atoms with Gasteiger partial charge in [-0.15, -0.1) is 0 Å². The zero-order valence-electron chi connectivity index (χ0n) is 12.4. The van der Waals surface area contributed by atoms with Crippen LogP contribution in [0.15, 0.2) is 24.3 Å². The van der Waals surface area contributed by atoms with Crippen LogP contribution in [-0.4, -0.2) is 29.4 Å². The number of carbonyl (C=O) groups is 2. The SMILES string of the molecule is CC(C)C[C@H](N)C(=O)NCC(=O)Oc1ccc([N+](=O)[O-])cc1. The van der Waals surface area contributed by atoms with E-state index in [0.717, 1.165) is 0 Å². The third-order valence-electron chi connectivity index (χ3n) is 2.75. The van der Waals surface area contributed by atoms with Crippen LogP contribution in [0, 0.1) is 16.0 Å². The van der Waals surface area contributed by atoms with Gasteiger partial charge in [0.1, 0.15) is 12.3 Å². The molecular weight excluding hydrogens is 290 g/mol. The summed E-state index contributed by atoms with van der Waals surface area (Å²) in [5.74, 6) is -0.669. The van der Waals surface area contributed by atoms with Crippen LogP contribution < -0.4 is 15.8 Å². The van der Waals surface area contributed by atoms with Gasteiger partial charge in [-0.1, -0.05) is 13.8 Å². The van der Waals surface area contributed by atoms with E-state index in [9.17, 15) is 19.7 Å². The molecule has 120 valence electrons. The number of ether oxygens (including phenoxy) is 1. The number of nitrogens with two attached hydrogens (primary N) is 1. The van der Waals surface area contributed by atoms with Crippen LogP contribution in [0.2, 0.25) is 0 Å². The van der Waals surface area contributed by atoms with Crippen molar-refractivity contribution in [2.75, 3.05) is 6.54 Å². The summed E-state index contributed by atoms with van der Waals surface area (Å²) in [7, 11) is 0. The fourth-order valence-electron chi connectivity index (χ4n) is 1.71. The molecule has 0 aliphatic carbocycles. The lowest BCUT2D eigenvalue weighted by atomic mass is 10.0. The summed E-state index contributed by atoms with van der Waals surface area (Å²) in [4.78, 5) is 33.1. The summed E-state index contributed by atoms with van der Waals surface area (Å²) < 4.78 is 4.94. The molecule has 1 amide bonds. The average Bonchev–Trinajstić information content (AvgIpc) is 2.44. The fourth-order valence-corrected chi connectivity index (χ4v) is 1.71. The summed E-state index contributed by atoms with van der Waals surface area (Å²) >= 11 is 0. The van der Waals surface area contributed by atoms with Gasteiger partial charge >= 0.3 is 5.97 Å². The Bertz CT molecular complexity index is 542. The molecule has 0 unspecified atom stereocenters. The Kier molecular flexibility index (Phi) is 6.46. The van der Waals surface area contributed by atoms with Gasteiger partial charge in [-0.2, -0.15) is 0 Å². The largest absolute Gasteiger partial charge is 0.425 e. The van der Waals surface area contributed by atoms with Gasteiger partial charge in [0, 0.05) is 12.1 Å². The zero-order chi connectivity index (χ0) is 16.7. The molecule has 1 aromatic carbocycles. The molecule has 8 heteroatoms. The van der Waals surface area contributed by atoms with Crippen molar-refractivity contribution in [3.05, 3.63) is 34.4 Å². The molecule has 0 heterocycles. The predicted octanol–water partition coefficient (Wildman–Crippen LogP) is 0.990. The molecule has 0 aromatic heterocycles. The van der Waals surface area contributed by atoms with Crippen molar-refractivity contribution in [1.82, 2.24) is 5.32 Å². The first-order valence-electron chi connectivity index (χ1n) is 6.78. The molecule has 1 rings (SSSR count). The second-order valence-corrected chi connectivity index (χ2v) is 5.18. The number of carbonyl (C=O) groups excluding carboxylic acids is 2. The van der Waals surface area contributed by atoms with Crippen molar-refractivity contribution in [2.45, 2.75) is 26.3 Å². The molecule has 8 nitrogen and oxygen atoms in total. The molecule has 3 N–H and O–H groups in total. The van der Waals surface area contributed by atoms with Gasteiger partial charge in [-0.3, -0.25) is 14.9 Å². The van der Waals surface area contributed by atoms with Gasteiger partial charge in [0.05, 0.1) is 11.0 Å². The standard InChI is InChI=1S/C14H19N3O5/c1-9(2)7-12(15)14(19)16-8-13(18)22-11-5-3-10(4-6-11)17(20)21/h3-6,9,12H,7-8,15H2,1-2H3,(H,16,19)/t12-/m0/s1. The zero-order valence-corrected chi connectivity index (χ0v) is 12.4. The van der Waals surface area contributed by atoms with Crippen LogP contribution in [0.4, 0.5) is 5.69 Å². The topological polar surface area (TPSA) is 125 Å². The second kappa shape index (κ2) is 8.08. The van der Waals surface area contributed by atoms with Crippen molar-refractivity contribution in [3.63, 3.8) is 0 Å². The molecule has 0 bridgehead atoms. The van der Waals surface area contributed by atoms with Gasteiger partial charge in [-0.05, 0) is 24.5 Å². The number of amides is 1. The van der Waals surface area contributed by atoms with Crippen molar-refractivity contribution >= 4 is 17.6 Å². The van der Waals surface area contributed by atoms with Crippen molar-refractivity contribution in [3.8, 4) is 5.75 Å². The molecule has 0 aliphatic heterocycles. The van der Waals surface area contributed by atoms with E-state index in [-0.39, 0.29) is 23.9 Å². The van der Waals surface area contributed by atoms with Gasteiger partial charge in [0.15, 0.2) is 0 Å². The van der Waals surface area contributed by atoms with E-state index in [1.54, 1.807) is 0 Å². The molecule has 0 spiro atoms. The van der Waals surface area contributed by atoms with E-state index in [1.165, 1.54) is 24.3 Å². The first-order valence-corrected chi connectivity index (χ1v) is 6.78. The van der Waals surface area contributed by atoms with Gasteiger partial charge < -0.3 is 15.8 Å². The lowest BCUT2D eigenvalue weighted by molar-refractivity contribution is -0.384. The third-order valence-corrected chi connectivity index (χ3v) is 2.75. The number of hydrogen-bond donors (Lipinski definition) is 2. The highest BCUT2D eigenvalue weighted by atomic mass is 16.6. The number of benzene rings is 1. The molecule has 0 aliphatic rings. The lowest BCUT2D eigenvalue weighted by Crippen LogP contribution is -2.43. The van der Waals surface area contributed by atoms with Crippen LogP contribution in [0.25, 0.3) is 0 Å².